The van der Waals surface area contributed by atoms with Crippen molar-refractivity contribution in [2.24, 2.45) is 0 Å². The van der Waals surface area contributed by atoms with Crippen LogP contribution in [0.3, 0.4) is 0 Å². The Balaban J connectivity index is 3.02. The minimum atomic E-state index is -3.83. The molecule has 94 valence electrons. The molecule has 0 unspecified atom stereocenters. The molecule has 1 aromatic carbocycles. The number of ether oxygens (including phenoxy) is 1. The summed E-state index contributed by atoms with van der Waals surface area (Å²) < 4.78 is 27.6. The zero-order chi connectivity index (χ0) is 13.1. The molecule has 1 rings (SSSR count). The van der Waals surface area contributed by atoms with Crippen molar-refractivity contribution in [3.05, 3.63) is 28.2 Å². The fourth-order valence-electron chi connectivity index (χ4n) is 1.22. The van der Waals surface area contributed by atoms with E-state index in [1.54, 1.807) is 13.0 Å². The van der Waals surface area contributed by atoms with Crippen LogP contribution >= 0.6 is 26.6 Å². The molecule has 0 bridgehead atoms. The lowest BCUT2D eigenvalue weighted by Crippen LogP contribution is -2.08. The summed E-state index contributed by atoms with van der Waals surface area (Å²) in [6.45, 7) is 1.99. The summed E-state index contributed by atoms with van der Waals surface area (Å²) in [7, 11) is 1.43. The van der Waals surface area contributed by atoms with Crippen molar-refractivity contribution in [3.63, 3.8) is 0 Å². The zero-order valence-corrected chi connectivity index (χ0v) is 12.1. The highest BCUT2D eigenvalue weighted by Gasteiger charge is 2.16. The second kappa shape index (κ2) is 5.84. The van der Waals surface area contributed by atoms with Gasteiger partial charge >= 0.3 is 5.97 Å². The highest BCUT2D eigenvalue weighted by Crippen LogP contribution is 2.26. The van der Waals surface area contributed by atoms with Gasteiger partial charge in [0.15, 0.2) is 0 Å². The van der Waals surface area contributed by atoms with Crippen LogP contribution in [0.1, 0.15) is 12.5 Å². The third kappa shape index (κ3) is 4.29. The Hall–Kier alpha value is -0.590. The van der Waals surface area contributed by atoms with Crippen molar-refractivity contribution in [1.82, 2.24) is 0 Å². The van der Waals surface area contributed by atoms with Crippen LogP contribution in [-0.2, 0) is 25.0 Å². The maximum Gasteiger partial charge on any atom is 0.310 e. The first-order chi connectivity index (χ1) is 7.84. The standard InChI is InChI=1S/C10H10BrClO4S/c1-2-16-10(13)6-7-3-4-8(11)9(5-7)17(12,14)15/h3-5H,2,6H2,1H3. The van der Waals surface area contributed by atoms with E-state index in [0.717, 1.165) is 0 Å². The van der Waals surface area contributed by atoms with Gasteiger partial charge in [-0.15, -0.1) is 0 Å². The van der Waals surface area contributed by atoms with Gasteiger partial charge in [0.1, 0.15) is 0 Å². The van der Waals surface area contributed by atoms with E-state index in [0.29, 0.717) is 10.0 Å². The fraction of sp³-hybridized carbons (Fsp3) is 0.300. The van der Waals surface area contributed by atoms with E-state index in [9.17, 15) is 13.2 Å². The molecule has 4 nitrogen and oxygen atoms in total. The second-order valence-electron chi connectivity index (χ2n) is 3.18. The molecule has 1 aromatic rings. The number of hydrogen-bond acceptors (Lipinski definition) is 4. The highest BCUT2D eigenvalue weighted by molar-refractivity contribution is 9.10. The zero-order valence-electron chi connectivity index (χ0n) is 8.94. The Labute approximate surface area is 112 Å². The monoisotopic (exact) mass is 340 g/mol. The van der Waals surface area contributed by atoms with Gasteiger partial charge in [-0.3, -0.25) is 4.79 Å². The molecular formula is C10H10BrClO4S. The summed E-state index contributed by atoms with van der Waals surface area (Å²) in [5, 5.41) is 0. The quantitative estimate of drug-likeness (QED) is 0.623. The number of carbonyl (C=O) groups excluding carboxylic acids is 1. The fourth-order valence-corrected chi connectivity index (χ4v) is 3.36. The first kappa shape index (κ1) is 14.5. The van der Waals surface area contributed by atoms with Gasteiger partial charge in [0, 0.05) is 15.2 Å². The lowest BCUT2D eigenvalue weighted by molar-refractivity contribution is -0.142. The maximum absolute atomic E-state index is 11.2. The molecule has 0 aliphatic heterocycles. The molecule has 0 fully saturated rings. The SMILES string of the molecule is CCOC(=O)Cc1ccc(Br)c(S(=O)(=O)Cl)c1. The van der Waals surface area contributed by atoms with Gasteiger partial charge in [-0.2, -0.15) is 0 Å². The average Bonchev–Trinajstić information content (AvgIpc) is 2.19. The van der Waals surface area contributed by atoms with E-state index in [4.69, 9.17) is 15.4 Å². The summed E-state index contributed by atoms with van der Waals surface area (Å²) in [5.41, 5.74) is 0.533. The third-order valence-corrected chi connectivity index (χ3v) is 4.23. The van der Waals surface area contributed by atoms with Gasteiger partial charge in [-0.05, 0) is 40.5 Å². The second-order valence-corrected chi connectivity index (χ2v) is 6.57. The summed E-state index contributed by atoms with van der Waals surface area (Å²) in [6.07, 6.45) is 0.0144. The Morgan fingerprint density at radius 1 is 1.47 bits per heavy atom. The smallest absolute Gasteiger partial charge is 0.310 e. The van der Waals surface area contributed by atoms with Crippen LogP contribution < -0.4 is 0 Å². The largest absolute Gasteiger partial charge is 0.466 e. The van der Waals surface area contributed by atoms with Crippen molar-refractivity contribution < 1.29 is 17.9 Å². The lowest BCUT2D eigenvalue weighted by atomic mass is 10.1. The lowest BCUT2D eigenvalue weighted by Gasteiger charge is -2.05. The Kier molecular flexibility index (Phi) is 4.97. The molecule has 0 N–H and O–H groups in total. The van der Waals surface area contributed by atoms with Gasteiger partial charge in [0.2, 0.25) is 0 Å². The van der Waals surface area contributed by atoms with Crippen LogP contribution in [0, 0.1) is 0 Å². The predicted octanol–water partition coefficient (Wildman–Crippen LogP) is 2.48. The van der Waals surface area contributed by atoms with Crippen LogP contribution in [0.5, 0.6) is 0 Å². The molecule has 0 amide bonds. The van der Waals surface area contributed by atoms with Crippen molar-refractivity contribution >= 4 is 41.6 Å². The minimum absolute atomic E-state index is 0.0144. The number of hydrogen-bond donors (Lipinski definition) is 0. The molecule has 0 saturated heterocycles. The summed E-state index contributed by atoms with van der Waals surface area (Å²) in [6, 6.07) is 4.51. The Morgan fingerprint density at radius 2 is 2.12 bits per heavy atom. The molecule has 0 aromatic heterocycles. The van der Waals surface area contributed by atoms with E-state index in [2.05, 4.69) is 15.9 Å². The molecule has 0 aliphatic rings. The van der Waals surface area contributed by atoms with E-state index < -0.39 is 15.0 Å². The Morgan fingerprint density at radius 3 is 2.65 bits per heavy atom. The predicted molar refractivity (Wildman–Crippen MR) is 67.5 cm³/mol. The molecule has 0 aliphatic carbocycles. The molecule has 0 spiro atoms. The number of halogens is 2. The molecule has 0 atom stereocenters. The van der Waals surface area contributed by atoms with Crippen molar-refractivity contribution in [1.29, 1.82) is 0 Å². The summed E-state index contributed by atoms with van der Waals surface area (Å²) in [5.74, 6) is -0.409. The van der Waals surface area contributed by atoms with E-state index >= 15 is 0 Å². The van der Waals surface area contributed by atoms with Gasteiger partial charge < -0.3 is 4.74 Å². The van der Waals surface area contributed by atoms with Gasteiger partial charge in [0.05, 0.1) is 17.9 Å². The van der Waals surface area contributed by atoms with E-state index in [1.807, 2.05) is 0 Å². The van der Waals surface area contributed by atoms with E-state index in [-0.39, 0.29) is 17.9 Å². The van der Waals surface area contributed by atoms with Crippen LogP contribution in [0.4, 0.5) is 0 Å². The number of carbonyl (C=O) groups is 1. The van der Waals surface area contributed by atoms with Gasteiger partial charge in [-0.1, -0.05) is 6.07 Å². The van der Waals surface area contributed by atoms with E-state index in [1.165, 1.54) is 12.1 Å². The molecular weight excluding hydrogens is 332 g/mol. The molecule has 0 heterocycles. The maximum atomic E-state index is 11.2. The first-order valence-corrected chi connectivity index (χ1v) is 7.83. The van der Waals surface area contributed by atoms with Crippen LogP contribution in [0.25, 0.3) is 0 Å². The van der Waals surface area contributed by atoms with Crippen molar-refractivity contribution in [2.45, 2.75) is 18.2 Å². The normalized spacial score (nSPS) is 11.2. The molecule has 17 heavy (non-hydrogen) atoms. The van der Waals surface area contributed by atoms with Gasteiger partial charge in [0.25, 0.3) is 9.05 Å². The van der Waals surface area contributed by atoms with Crippen molar-refractivity contribution in [2.75, 3.05) is 6.61 Å². The van der Waals surface area contributed by atoms with Crippen LogP contribution in [-0.4, -0.2) is 21.0 Å². The molecule has 0 radical (unpaired) electrons. The first-order valence-electron chi connectivity index (χ1n) is 4.73. The van der Waals surface area contributed by atoms with Crippen LogP contribution in [0.15, 0.2) is 27.6 Å². The third-order valence-electron chi connectivity index (χ3n) is 1.91. The number of rotatable bonds is 4. The average molecular weight is 342 g/mol. The van der Waals surface area contributed by atoms with Crippen molar-refractivity contribution in [3.8, 4) is 0 Å². The number of esters is 1. The summed E-state index contributed by atoms with van der Waals surface area (Å²) in [4.78, 5) is 11.2. The Bertz CT molecular complexity index is 527. The van der Waals surface area contributed by atoms with Crippen LogP contribution in [0.2, 0.25) is 0 Å². The number of benzene rings is 1. The molecule has 0 saturated carbocycles. The highest BCUT2D eigenvalue weighted by atomic mass is 79.9. The minimum Gasteiger partial charge on any atom is -0.466 e. The summed E-state index contributed by atoms with van der Waals surface area (Å²) >= 11 is 3.08. The van der Waals surface area contributed by atoms with Gasteiger partial charge in [-0.25, -0.2) is 8.42 Å². The molecule has 7 heteroatoms. The topological polar surface area (TPSA) is 60.4 Å².